The van der Waals surface area contributed by atoms with E-state index in [1.165, 1.54) is 4.90 Å². The van der Waals surface area contributed by atoms with E-state index < -0.39 is 0 Å². The summed E-state index contributed by atoms with van der Waals surface area (Å²) in [6, 6.07) is 14.4. The Balaban J connectivity index is 1.45. The first-order valence-corrected chi connectivity index (χ1v) is 8.73. The smallest absolute Gasteiger partial charge is 0.261 e. The maximum atomic E-state index is 12.8. The zero-order chi connectivity index (χ0) is 18.8. The van der Waals surface area contributed by atoms with Crippen LogP contribution in [0, 0.1) is 0 Å². The first-order chi connectivity index (χ1) is 13.1. The molecule has 3 aromatic rings. The number of rotatable bonds is 5. The van der Waals surface area contributed by atoms with E-state index in [1.54, 1.807) is 36.7 Å². The van der Waals surface area contributed by atoms with E-state index >= 15 is 0 Å². The third-order valence-electron chi connectivity index (χ3n) is 4.59. The quantitative estimate of drug-likeness (QED) is 0.709. The summed E-state index contributed by atoms with van der Waals surface area (Å²) in [6.07, 6.45) is 3.79. The molecular weight excluding hydrogens is 342 g/mol. The number of hydrogen-bond donors (Lipinski definition) is 1. The fourth-order valence-corrected chi connectivity index (χ4v) is 3.34. The van der Waals surface area contributed by atoms with Gasteiger partial charge in [0.1, 0.15) is 0 Å². The third kappa shape index (κ3) is 3.17. The van der Waals surface area contributed by atoms with Crippen molar-refractivity contribution >= 4 is 34.2 Å². The number of carbonyl (C=O) groups excluding carboxylic acids is 3. The van der Waals surface area contributed by atoms with Gasteiger partial charge < -0.3 is 5.32 Å². The van der Waals surface area contributed by atoms with Crippen molar-refractivity contribution in [2.75, 3.05) is 11.9 Å². The fourth-order valence-electron chi connectivity index (χ4n) is 3.34. The number of pyridine rings is 1. The van der Waals surface area contributed by atoms with Gasteiger partial charge in [-0.05, 0) is 36.1 Å². The Bertz CT molecular complexity index is 996. The lowest BCUT2D eigenvalue weighted by atomic mass is 9.94. The molecule has 6 nitrogen and oxygen atoms in total. The van der Waals surface area contributed by atoms with Crippen molar-refractivity contribution in [3.63, 3.8) is 0 Å². The second kappa shape index (κ2) is 6.99. The van der Waals surface area contributed by atoms with E-state index in [1.807, 2.05) is 24.3 Å². The highest BCUT2D eigenvalue weighted by Gasteiger charge is 2.32. The maximum absolute atomic E-state index is 12.8. The summed E-state index contributed by atoms with van der Waals surface area (Å²) < 4.78 is 0. The van der Waals surface area contributed by atoms with Crippen LogP contribution in [0.5, 0.6) is 0 Å². The summed E-state index contributed by atoms with van der Waals surface area (Å²) in [5.41, 5.74) is 1.68. The van der Waals surface area contributed by atoms with Crippen LogP contribution in [0.2, 0.25) is 0 Å². The van der Waals surface area contributed by atoms with Gasteiger partial charge in [-0.2, -0.15) is 0 Å². The Morgan fingerprint density at radius 3 is 2.30 bits per heavy atom. The first-order valence-electron chi connectivity index (χ1n) is 8.73. The number of benzene rings is 2. The second-order valence-electron chi connectivity index (χ2n) is 6.36. The highest BCUT2D eigenvalue weighted by Crippen LogP contribution is 2.30. The van der Waals surface area contributed by atoms with Gasteiger partial charge in [0.05, 0.1) is 11.9 Å². The molecule has 1 aromatic heterocycles. The number of nitrogens with zero attached hydrogens (tertiary/aromatic N) is 2. The molecule has 4 rings (SSSR count). The van der Waals surface area contributed by atoms with E-state index in [-0.39, 0.29) is 30.7 Å². The Hall–Kier alpha value is -3.54. The Kier molecular flexibility index (Phi) is 4.38. The highest BCUT2D eigenvalue weighted by molar-refractivity contribution is 6.25. The van der Waals surface area contributed by atoms with Crippen LogP contribution in [0.1, 0.15) is 33.6 Å². The van der Waals surface area contributed by atoms with E-state index in [9.17, 15) is 14.4 Å². The molecule has 134 valence electrons. The molecule has 1 aliphatic rings. The molecule has 27 heavy (non-hydrogen) atoms. The van der Waals surface area contributed by atoms with Crippen molar-refractivity contribution in [2.24, 2.45) is 0 Å². The number of anilines is 1. The minimum Gasteiger partial charge on any atom is -0.325 e. The molecule has 2 heterocycles. The summed E-state index contributed by atoms with van der Waals surface area (Å²) in [7, 11) is 0. The average molecular weight is 359 g/mol. The lowest BCUT2D eigenvalue weighted by molar-refractivity contribution is -0.116. The summed E-state index contributed by atoms with van der Waals surface area (Å²) in [6.45, 7) is 0.197. The van der Waals surface area contributed by atoms with Crippen molar-refractivity contribution in [1.29, 1.82) is 0 Å². The van der Waals surface area contributed by atoms with Crippen LogP contribution in [-0.4, -0.2) is 34.2 Å². The van der Waals surface area contributed by atoms with Gasteiger partial charge in [-0.1, -0.05) is 24.3 Å². The van der Waals surface area contributed by atoms with E-state index in [0.29, 0.717) is 28.6 Å². The number of imide groups is 1. The Morgan fingerprint density at radius 1 is 0.963 bits per heavy atom. The van der Waals surface area contributed by atoms with Crippen LogP contribution >= 0.6 is 0 Å². The van der Waals surface area contributed by atoms with E-state index in [2.05, 4.69) is 10.3 Å². The monoisotopic (exact) mass is 359 g/mol. The average Bonchev–Trinajstić information content (AvgIpc) is 2.69. The van der Waals surface area contributed by atoms with E-state index in [0.717, 1.165) is 5.39 Å². The molecule has 2 aromatic carbocycles. The predicted molar refractivity (Wildman–Crippen MR) is 101 cm³/mol. The standard InChI is InChI=1S/C21H17N3O3/c25-18(23-15-7-3-11-22-13-15)10-4-12-24-20(26)16-8-1-5-14-6-2-9-17(19(14)16)21(24)27/h1-3,5-9,11,13H,4,10,12H2,(H,23,25). The minimum atomic E-state index is -0.308. The topological polar surface area (TPSA) is 79.4 Å². The molecule has 0 saturated heterocycles. The van der Waals surface area contributed by atoms with Crippen LogP contribution in [-0.2, 0) is 4.79 Å². The molecule has 0 saturated carbocycles. The normalized spacial score (nSPS) is 13.1. The molecule has 3 amide bonds. The minimum absolute atomic E-state index is 0.178. The van der Waals surface area contributed by atoms with Crippen LogP contribution in [0.15, 0.2) is 60.9 Å². The van der Waals surface area contributed by atoms with Crippen molar-refractivity contribution < 1.29 is 14.4 Å². The molecule has 0 unspecified atom stereocenters. The lowest BCUT2D eigenvalue weighted by Gasteiger charge is -2.27. The van der Waals surface area contributed by atoms with Gasteiger partial charge in [-0.15, -0.1) is 0 Å². The number of amides is 3. The zero-order valence-corrected chi connectivity index (χ0v) is 14.5. The number of aromatic nitrogens is 1. The molecule has 0 atom stereocenters. The Labute approximate surface area is 155 Å². The SMILES string of the molecule is O=C(CCCN1C(=O)c2cccc3cccc(c23)C1=O)Nc1cccnc1. The molecule has 1 aliphatic heterocycles. The zero-order valence-electron chi connectivity index (χ0n) is 14.5. The molecule has 0 radical (unpaired) electrons. The molecule has 0 bridgehead atoms. The van der Waals surface area contributed by atoms with Gasteiger partial charge in [-0.3, -0.25) is 24.3 Å². The van der Waals surface area contributed by atoms with E-state index in [4.69, 9.17) is 0 Å². The van der Waals surface area contributed by atoms with Crippen LogP contribution in [0.3, 0.4) is 0 Å². The maximum Gasteiger partial charge on any atom is 0.261 e. The number of carbonyl (C=O) groups is 3. The summed E-state index contributed by atoms with van der Waals surface area (Å²) >= 11 is 0. The second-order valence-corrected chi connectivity index (χ2v) is 6.36. The largest absolute Gasteiger partial charge is 0.325 e. The fraction of sp³-hybridized carbons (Fsp3) is 0.143. The summed E-state index contributed by atoms with van der Waals surface area (Å²) in [5, 5.41) is 4.33. The van der Waals surface area contributed by atoms with Crippen LogP contribution in [0.25, 0.3) is 10.8 Å². The van der Waals surface area contributed by atoms with Gasteiger partial charge in [-0.25, -0.2) is 0 Å². The number of hydrogen-bond acceptors (Lipinski definition) is 4. The molecule has 1 N–H and O–H groups in total. The third-order valence-corrected chi connectivity index (χ3v) is 4.59. The van der Waals surface area contributed by atoms with Crippen molar-refractivity contribution in [2.45, 2.75) is 12.8 Å². The van der Waals surface area contributed by atoms with Gasteiger partial charge >= 0.3 is 0 Å². The van der Waals surface area contributed by atoms with Crippen molar-refractivity contribution in [3.8, 4) is 0 Å². The van der Waals surface area contributed by atoms with Crippen LogP contribution in [0.4, 0.5) is 5.69 Å². The molecule has 0 aliphatic carbocycles. The van der Waals surface area contributed by atoms with Crippen molar-refractivity contribution in [3.05, 3.63) is 72.1 Å². The summed E-state index contributed by atoms with van der Waals surface area (Å²) in [5.74, 6) is -0.795. The van der Waals surface area contributed by atoms with Gasteiger partial charge in [0, 0.05) is 35.7 Å². The van der Waals surface area contributed by atoms with Crippen LogP contribution < -0.4 is 5.32 Å². The summed E-state index contributed by atoms with van der Waals surface area (Å²) in [4.78, 5) is 42.8. The van der Waals surface area contributed by atoms with Gasteiger partial charge in [0.25, 0.3) is 11.8 Å². The molecule has 0 fully saturated rings. The highest BCUT2D eigenvalue weighted by atomic mass is 16.2. The number of nitrogens with one attached hydrogen (secondary N) is 1. The molecule has 0 spiro atoms. The van der Waals surface area contributed by atoms with Gasteiger partial charge in [0.2, 0.25) is 5.91 Å². The first kappa shape index (κ1) is 16.9. The van der Waals surface area contributed by atoms with Gasteiger partial charge in [0.15, 0.2) is 0 Å². The van der Waals surface area contributed by atoms with Crippen molar-refractivity contribution in [1.82, 2.24) is 9.88 Å². The lowest BCUT2D eigenvalue weighted by Crippen LogP contribution is -2.41. The predicted octanol–water partition coefficient (Wildman–Crippen LogP) is 3.25. The molecule has 6 heteroatoms. The molecular formula is C21H17N3O3. The Morgan fingerprint density at radius 2 is 1.67 bits per heavy atom.